The number of hydrogen-bond donors (Lipinski definition) is 0. The van der Waals surface area contributed by atoms with Crippen LogP contribution in [0.4, 0.5) is 5.69 Å². The zero-order chi connectivity index (χ0) is 13.8. The molecule has 5 nitrogen and oxygen atoms in total. The van der Waals surface area contributed by atoms with Gasteiger partial charge >= 0.3 is 18.4 Å². The van der Waals surface area contributed by atoms with Crippen LogP contribution in [0.15, 0.2) is 24.3 Å². The summed E-state index contributed by atoms with van der Waals surface area (Å²) in [5, 5.41) is 0. The number of rotatable bonds is 4. The van der Waals surface area contributed by atoms with Crippen LogP contribution in [0.1, 0.15) is 25.8 Å². The highest BCUT2D eigenvalue weighted by molar-refractivity contribution is 5.92. The lowest BCUT2D eigenvalue weighted by Gasteiger charge is -2.34. The zero-order valence-corrected chi connectivity index (χ0v) is 11.1. The summed E-state index contributed by atoms with van der Waals surface area (Å²) in [6, 6.07) is 7.79. The van der Waals surface area contributed by atoms with Crippen molar-refractivity contribution in [1.82, 2.24) is 0 Å². The maximum absolute atomic E-state index is 11.3. The Labute approximate surface area is 112 Å². The molecule has 5 heteroatoms. The van der Waals surface area contributed by atoms with Crippen molar-refractivity contribution in [3.63, 3.8) is 0 Å². The summed E-state index contributed by atoms with van der Waals surface area (Å²) in [6.07, 6.45) is -0.434. The van der Waals surface area contributed by atoms with Crippen LogP contribution in [-0.4, -0.2) is 24.9 Å². The first kappa shape index (κ1) is 13.4. The van der Waals surface area contributed by atoms with Crippen molar-refractivity contribution in [3.8, 4) is 0 Å². The molecule has 1 aliphatic rings. The highest BCUT2D eigenvalue weighted by atomic mass is 16.7. The lowest BCUT2D eigenvalue weighted by atomic mass is 10.1. The van der Waals surface area contributed by atoms with Crippen molar-refractivity contribution >= 4 is 17.6 Å². The molecule has 1 aromatic rings. The summed E-state index contributed by atoms with van der Waals surface area (Å²) < 4.78 is 10.2. The van der Waals surface area contributed by atoms with Crippen molar-refractivity contribution < 1.29 is 19.1 Å². The molecule has 0 saturated carbocycles. The summed E-state index contributed by atoms with van der Waals surface area (Å²) in [7, 11) is 0. The molecule has 1 heterocycles. The molecular formula is C14H17NO4. The number of hydrogen-bond acceptors (Lipinski definition) is 5. The molecule has 0 radical (unpaired) electrons. The smallest absolute Gasteiger partial charge is 0.332 e. The van der Waals surface area contributed by atoms with E-state index in [2.05, 4.69) is 0 Å². The minimum atomic E-state index is -0.966. The number of aryl methyl sites for hydroxylation is 1. The van der Waals surface area contributed by atoms with Gasteiger partial charge in [-0.15, -0.1) is 0 Å². The van der Waals surface area contributed by atoms with Gasteiger partial charge in [-0.25, -0.2) is 0 Å². The fourth-order valence-electron chi connectivity index (χ4n) is 2.10. The summed E-state index contributed by atoms with van der Waals surface area (Å²) >= 11 is 0. The van der Waals surface area contributed by atoms with E-state index in [-0.39, 0.29) is 6.42 Å². The Morgan fingerprint density at radius 1 is 1.16 bits per heavy atom. The third kappa shape index (κ3) is 2.86. The van der Waals surface area contributed by atoms with Gasteiger partial charge in [0.05, 0.1) is 0 Å². The first-order valence-electron chi connectivity index (χ1n) is 6.39. The summed E-state index contributed by atoms with van der Waals surface area (Å²) in [4.78, 5) is 24.5. The van der Waals surface area contributed by atoms with Gasteiger partial charge in [0.1, 0.15) is 6.42 Å². The van der Waals surface area contributed by atoms with E-state index < -0.39 is 18.4 Å². The fourth-order valence-corrected chi connectivity index (χ4v) is 2.10. The molecule has 1 saturated heterocycles. The number of anilines is 1. The summed E-state index contributed by atoms with van der Waals surface area (Å²) in [5.41, 5.74) is 2.03. The Morgan fingerprint density at radius 2 is 1.79 bits per heavy atom. The Morgan fingerprint density at radius 3 is 2.37 bits per heavy atom. The number of benzene rings is 1. The summed E-state index contributed by atoms with van der Waals surface area (Å²) in [6.45, 7) is 4.54. The lowest BCUT2D eigenvalue weighted by Crippen LogP contribution is -2.46. The van der Waals surface area contributed by atoms with Crippen molar-refractivity contribution in [2.45, 2.75) is 33.1 Å². The normalized spacial score (nSPS) is 15.9. The van der Waals surface area contributed by atoms with Gasteiger partial charge in [0.2, 0.25) is 0 Å². The molecule has 1 aliphatic heterocycles. The number of esters is 2. The second kappa shape index (κ2) is 5.73. The van der Waals surface area contributed by atoms with E-state index in [9.17, 15) is 9.59 Å². The van der Waals surface area contributed by atoms with E-state index in [4.69, 9.17) is 9.47 Å². The van der Waals surface area contributed by atoms with Gasteiger partial charge in [-0.3, -0.25) is 9.59 Å². The Bertz CT molecular complexity index is 470. The maximum Gasteiger partial charge on any atom is 0.332 e. The Hall–Kier alpha value is -2.04. The minimum Gasteiger partial charge on any atom is -0.405 e. The summed E-state index contributed by atoms with van der Waals surface area (Å²) in [5.74, 6) is -1.10. The lowest BCUT2D eigenvalue weighted by molar-refractivity contribution is -0.202. The molecule has 102 valence electrons. The monoisotopic (exact) mass is 263 g/mol. The Balaban J connectivity index is 2.28. The maximum atomic E-state index is 11.3. The number of para-hydroxylation sites is 1. The van der Waals surface area contributed by atoms with Gasteiger partial charge in [-0.2, -0.15) is 0 Å². The highest BCUT2D eigenvalue weighted by Crippen LogP contribution is 2.25. The van der Waals surface area contributed by atoms with Crippen LogP contribution < -0.4 is 4.90 Å². The zero-order valence-electron chi connectivity index (χ0n) is 11.1. The first-order valence-corrected chi connectivity index (χ1v) is 6.39. The molecule has 0 aromatic heterocycles. The molecular weight excluding hydrogens is 246 g/mol. The first-order chi connectivity index (χ1) is 9.15. The van der Waals surface area contributed by atoms with Crippen LogP contribution in [0.5, 0.6) is 0 Å². The molecule has 1 fully saturated rings. The van der Waals surface area contributed by atoms with Crippen molar-refractivity contribution in [2.24, 2.45) is 0 Å². The molecule has 2 rings (SSSR count). The van der Waals surface area contributed by atoms with Gasteiger partial charge in [0.25, 0.3) is 0 Å². The molecule has 0 aliphatic carbocycles. The van der Waals surface area contributed by atoms with E-state index in [0.29, 0.717) is 6.54 Å². The fraction of sp³-hybridized carbons (Fsp3) is 0.429. The van der Waals surface area contributed by atoms with E-state index in [0.717, 1.165) is 17.7 Å². The van der Waals surface area contributed by atoms with Crippen molar-refractivity contribution in [2.75, 3.05) is 11.4 Å². The van der Waals surface area contributed by atoms with Crippen molar-refractivity contribution in [3.05, 3.63) is 29.8 Å². The molecule has 1 aromatic carbocycles. The molecule has 0 atom stereocenters. The average Bonchev–Trinajstić information content (AvgIpc) is 2.39. The van der Waals surface area contributed by atoms with Gasteiger partial charge in [0, 0.05) is 12.2 Å². The van der Waals surface area contributed by atoms with Crippen molar-refractivity contribution in [1.29, 1.82) is 0 Å². The second-order valence-electron chi connectivity index (χ2n) is 4.23. The van der Waals surface area contributed by atoms with E-state index in [1.54, 1.807) is 4.90 Å². The molecule has 0 N–H and O–H groups in total. The predicted molar refractivity (Wildman–Crippen MR) is 69.4 cm³/mol. The van der Waals surface area contributed by atoms with Gasteiger partial charge in [-0.1, -0.05) is 25.1 Å². The van der Waals surface area contributed by atoms with Crippen LogP contribution in [-0.2, 0) is 25.5 Å². The molecule has 0 unspecified atom stereocenters. The molecule has 19 heavy (non-hydrogen) atoms. The van der Waals surface area contributed by atoms with Crippen LogP contribution in [0.25, 0.3) is 0 Å². The second-order valence-corrected chi connectivity index (χ2v) is 4.23. The topological polar surface area (TPSA) is 55.8 Å². The third-order valence-electron chi connectivity index (χ3n) is 3.03. The van der Waals surface area contributed by atoms with Gasteiger partial charge in [0.15, 0.2) is 0 Å². The average molecular weight is 263 g/mol. The van der Waals surface area contributed by atoms with Crippen LogP contribution in [0, 0.1) is 0 Å². The highest BCUT2D eigenvalue weighted by Gasteiger charge is 2.32. The van der Waals surface area contributed by atoms with E-state index in [1.807, 2.05) is 38.1 Å². The number of carbonyl (C=O) groups excluding carboxylic acids is 2. The molecule has 0 bridgehead atoms. The quantitative estimate of drug-likeness (QED) is 0.613. The van der Waals surface area contributed by atoms with Gasteiger partial charge < -0.3 is 14.4 Å². The van der Waals surface area contributed by atoms with Crippen LogP contribution in [0.3, 0.4) is 0 Å². The SMILES string of the molecule is CCc1ccccc1N(CC)C1OC(=O)CC(=O)O1. The Kier molecular flexibility index (Phi) is 4.04. The minimum absolute atomic E-state index is 0.316. The van der Waals surface area contributed by atoms with Crippen LogP contribution >= 0.6 is 0 Å². The number of carbonyl (C=O) groups is 2. The van der Waals surface area contributed by atoms with E-state index >= 15 is 0 Å². The number of nitrogens with zero attached hydrogens (tertiary/aromatic N) is 1. The van der Waals surface area contributed by atoms with E-state index in [1.165, 1.54) is 0 Å². The molecule has 0 spiro atoms. The third-order valence-corrected chi connectivity index (χ3v) is 3.03. The standard InChI is InChI=1S/C14H17NO4/c1-3-10-7-5-6-8-11(10)15(4-2)14-18-12(16)9-13(17)19-14/h5-8,14H,3-4,9H2,1-2H3. The number of cyclic esters (lactones) is 2. The largest absolute Gasteiger partial charge is 0.405 e. The predicted octanol–water partition coefficient (Wildman–Crippen LogP) is 1.85. The number of ether oxygens (including phenoxy) is 2. The van der Waals surface area contributed by atoms with Crippen LogP contribution in [0.2, 0.25) is 0 Å². The molecule has 0 amide bonds. The van der Waals surface area contributed by atoms with Gasteiger partial charge in [-0.05, 0) is 25.0 Å².